The van der Waals surface area contributed by atoms with E-state index in [0.29, 0.717) is 24.7 Å². The molecule has 2 fully saturated rings. The molecule has 0 radical (unpaired) electrons. The lowest BCUT2D eigenvalue weighted by Gasteiger charge is -2.34. The summed E-state index contributed by atoms with van der Waals surface area (Å²) in [5.41, 5.74) is 0.442. The van der Waals surface area contributed by atoms with E-state index in [1.165, 1.54) is 51.4 Å². The maximum atomic E-state index is 10.1. The largest absolute Gasteiger partial charge is 0.389 e. The molecule has 2 aliphatic carbocycles. The number of aliphatic hydroxyl groups excluding tert-OH is 1. The van der Waals surface area contributed by atoms with Gasteiger partial charge >= 0.3 is 0 Å². The van der Waals surface area contributed by atoms with Crippen molar-refractivity contribution in [1.82, 2.24) is 5.32 Å². The summed E-state index contributed by atoms with van der Waals surface area (Å²) in [7, 11) is 0. The summed E-state index contributed by atoms with van der Waals surface area (Å²) in [6.45, 7) is 6.87. The van der Waals surface area contributed by atoms with Gasteiger partial charge in [0.25, 0.3) is 0 Å². The Kier molecular flexibility index (Phi) is 6.97. The van der Waals surface area contributed by atoms with Crippen LogP contribution >= 0.6 is 0 Å². The van der Waals surface area contributed by atoms with E-state index in [2.05, 4.69) is 19.2 Å². The lowest BCUT2D eigenvalue weighted by atomic mass is 9.76. The van der Waals surface area contributed by atoms with E-state index < -0.39 is 0 Å². The van der Waals surface area contributed by atoms with Crippen molar-refractivity contribution in [3.63, 3.8) is 0 Å². The zero-order valence-electron chi connectivity index (χ0n) is 14.1. The van der Waals surface area contributed by atoms with Gasteiger partial charge in [-0.2, -0.15) is 0 Å². The van der Waals surface area contributed by atoms with Crippen LogP contribution in [-0.4, -0.2) is 37.0 Å². The Labute approximate surface area is 130 Å². The quantitative estimate of drug-likeness (QED) is 0.755. The van der Waals surface area contributed by atoms with Crippen LogP contribution in [0.5, 0.6) is 0 Å². The first kappa shape index (κ1) is 17.2. The first-order chi connectivity index (χ1) is 10.1. The molecule has 0 bridgehead atoms. The Morgan fingerprint density at radius 2 is 1.95 bits per heavy atom. The average Bonchev–Trinajstić information content (AvgIpc) is 2.46. The molecule has 2 N–H and O–H groups in total. The predicted octanol–water partition coefficient (Wildman–Crippen LogP) is 3.50. The molecule has 0 amide bonds. The standard InChI is InChI=1S/C18H35NO2/c1-15-7-6-8-17(11-15)21-13-16(20)12-19-14-18(2)9-4-3-5-10-18/h15-17,19-20H,3-14H2,1-2H3. The Balaban J connectivity index is 1.55. The molecule has 3 atom stereocenters. The Morgan fingerprint density at radius 3 is 2.67 bits per heavy atom. The molecule has 0 aromatic heterocycles. The van der Waals surface area contributed by atoms with Gasteiger partial charge in [0.1, 0.15) is 0 Å². The number of aliphatic hydroxyl groups is 1. The molecule has 0 heterocycles. The Hall–Kier alpha value is -0.120. The van der Waals surface area contributed by atoms with Gasteiger partial charge in [0.05, 0.1) is 18.8 Å². The highest BCUT2D eigenvalue weighted by molar-refractivity contribution is 4.81. The van der Waals surface area contributed by atoms with Gasteiger partial charge in [0, 0.05) is 13.1 Å². The number of ether oxygens (including phenoxy) is 1. The van der Waals surface area contributed by atoms with E-state index in [0.717, 1.165) is 18.9 Å². The van der Waals surface area contributed by atoms with Crippen LogP contribution in [0.3, 0.4) is 0 Å². The molecule has 0 aromatic rings. The lowest BCUT2D eigenvalue weighted by Crippen LogP contribution is -2.39. The van der Waals surface area contributed by atoms with Gasteiger partial charge in [-0.15, -0.1) is 0 Å². The molecule has 0 aromatic carbocycles. The molecule has 0 spiro atoms. The van der Waals surface area contributed by atoms with Gasteiger partial charge in [-0.1, -0.05) is 46.0 Å². The van der Waals surface area contributed by atoms with Crippen molar-refractivity contribution in [2.75, 3.05) is 19.7 Å². The lowest BCUT2D eigenvalue weighted by molar-refractivity contribution is -0.0312. The van der Waals surface area contributed by atoms with E-state index in [1.807, 2.05) is 0 Å². The molecular formula is C18H35NO2. The maximum absolute atomic E-state index is 10.1. The molecule has 0 saturated heterocycles. The minimum Gasteiger partial charge on any atom is -0.389 e. The van der Waals surface area contributed by atoms with Crippen molar-refractivity contribution in [3.8, 4) is 0 Å². The number of rotatable bonds is 7. The monoisotopic (exact) mass is 297 g/mol. The van der Waals surface area contributed by atoms with Crippen LogP contribution in [0.4, 0.5) is 0 Å². The van der Waals surface area contributed by atoms with Crippen molar-refractivity contribution in [2.45, 2.75) is 83.8 Å². The highest BCUT2D eigenvalue weighted by Crippen LogP contribution is 2.34. The summed E-state index contributed by atoms with van der Waals surface area (Å²) in [4.78, 5) is 0. The molecular weight excluding hydrogens is 262 g/mol. The summed E-state index contributed by atoms with van der Waals surface area (Å²) in [6, 6.07) is 0. The van der Waals surface area contributed by atoms with Gasteiger partial charge < -0.3 is 15.2 Å². The fourth-order valence-corrected chi connectivity index (χ4v) is 3.96. The fraction of sp³-hybridized carbons (Fsp3) is 1.00. The third kappa shape index (κ3) is 6.25. The third-order valence-corrected chi connectivity index (χ3v) is 5.40. The summed E-state index contributed by atoms with van der Waals surface area (Å²) in [5, 5.41) is 13.5. The van der Waals surface area contributed by atoms with Crippen molar-refractivity contribution < 1.29 is 9.84 Å². The van der Waals surface area contributed by atoms with Gasteiger partial charge in [0.15, 0.2) is 0 Å². The molecule has 21 heavy (non-hydrogen) atoms. The molecule has 0 aliphatic heterocycles. The first-order valence-corrected chi connectivity index (χ1v) is 9.08. The third-order valence-electron chi connectivity index (χ3n) is 5.40. The molecule has 3 unspecified atom stereocenters. The van der Waals surface area contributed by atoms with Gasteiger partial charge in [-0.25, -0.2) is 0 Å². The zero-order valence-corrected chi connectivity index (χ0v) is 14.1. The summed E-state index contributed by atoms with van der Waals surface area (Å²) in [6.07, 6.45) is 11.7. The molecule has 2 saturated carbocycles. The molecule has 2 aliphatic rings. The topological polar surface area (TPSA) is 41.5 Å². The van der Waals surface area contributed by atoms with Crippen LogP contribution in [0.1, 0.15) is 71.6 Å². The Bertz CT molecular complexity index is 289. The van der Waals surface area contributed by atoms with E-state index in [1.54, 1.807) is 0 Å². The van der Waals surface area contributed by atoms with Crippen LogP contribution in [0.15, 0.2) is 0 Å². The number of nitrogens with one attached hydrogen (secondary N) is 1. The van der Waals surface area contributed by atoms with Gasteiger partial charge in [0.2, 0.25) is 0 Å². The molecule has 3 nitrogen and oxygen atoms in total. The van der Waals surface area contributed by atoms with Crippen molar-refractivity contribution >= 4 is 0 Å². The number of hydrogen-bond donors (Lipinski definition) is 2. The molecule has 124 valence electrons. The Morgan fingerprint density at radius 1 is 1.19 bits per heavy atom. The fourth-order valence-electron chi connectivity index (χ4n) is 3.96. The van der Waals surface area contributed by atoms with Gasteiger partial charge in [-0.3, -0.25) is 0 Å². The van der Waals surface area contributed by atoms with Crippen molar-refractivity contribution in [3.05, 3.63) is 0 Å². The predicted molar refractivity (Wildman–Crippen MR) is 87.4 cm³/mol. The minimum atomic E-state index is -0.366. The van der Waals surface area contributed by atoms with Crippen LogP contribution in [0.2, 0.25) is 0 Å². The number of hydrogen-bond acceptors (Lipinski definition) is 3. The van der Waals surface area contributed by atoms with Crippen molar-refractivity contribution in [2.24, 2.45) is 11.3 Å². The summed E-state index contributed by atoms with van der Waals surface area (Å²) >= 11 is 0. The average molecular weight is 297 g/mol. The van der Waals surface area contributed by atoms with E-state index in [-0.39, 0.29) is 6.10 Å². The SMILES string of the molecule is CC1CCCC(OCC(O)CNCC2(C)CCCCC2)C1. The second-order valence-electron chi connectivity index (χ2n) is 7.88. The van der Waals surface area contributed by atoms with Crippen LogP contribution in [0.25, 0.3) is 0 Å². The molecule has 3 heteroatoms. The van der Waals surface area contributed by atoms with E-state index >= 15 is 0 Å². The van der Waals surface area contributed by atoms with Gasteiger partial charge in [-0.05, 0) is 37.0 Å². The van der Waals surface area contributed by atoms with E-state index in [4.69, 9.17) is 4.74 Å². The second-order valence-corrected chi connectivity index (χ2v) is 7.88. The maximum Gasteiger partial charge on any atom is 0.0897 e. The minimum absolute atomic E-state index is 0.366. The van der Waals surface area contributed by atoms with E-state index in [9.17, 15) is 5.11 Å². The van der Waals surface area contributed by atoms with Crippen LogP contribution in [0, 0.1) is 11.3 Å². The summed E-state index contributed by atoms with van der Waals surface area (Å²) < 4.78 is 5.89. The van der Waals surface area contributed by atoms with Crippen LogP contribution in [-0.2, 0) is 4.74 Å². The molecule has 2 rings (SSSR count). The highest BCUT2D eigenvalue weighted by Gasteiger charge is 2.26. The van der Waals surface area contributed by atoms with Crippen molar-refractivity contribution in [1.29, 1.82) is 0 Å². The first-order valence-electron chi connectivity index (χ1n) is 9.08. The second kappa shape index (κ2) is 8.50. The zero-order chi connectivity index (χ0) is 15.1. The summed E-state index contributed by atoms with van der Waals surface area (Å²) in [5.74, 6) is 0.783. The highest BCUT2D eigenvalue weighted by atomic mass is 16.5. The van der Waals surface area contributed by atoms with Crippen LogP contribution < -0.4 is 5.32 Å². The normalized spacial score (nSPS) is 31.0. The smallest absolute Gasteiger partial charge is 0.0897 e.